The Bertz CT molecular complexity index is 453. The molecule has 2 heterocycles. The van der Waals surface area contributed by atoms with Crippen molar-refractivity contribution < 1.29 is 0 Å². The van der Waals surface area contributed by atoms with E-state index in [0.717, 1.165) is 17.3 Å². The molecule has 1 unspecified atom stereocenters. The summed E-state index contributed by atoms with van der Waals surface area (Å²) < 4.78 is 3.36. The Morgan fingerprint density at radius 2 is 2.35 bits per heavy atom. The Kier molecular flexibility index (Phi) is 4.30. The molecule has 0 N–H and O–H groups in total. The van der Waals surface area contributed by atoms with Crippen molar-refractivity contribution in [3.63, 3.8) is 0 Å². The van der Waals surface area contributed by atoms with Crippen LogP contribution in [0.25, 0.3) is 0 Å². The maximum Gasteiger partial charge on any atom is 0.0608 e. The molecule has 0 saturated carbocycles. The number of rotatable bonds is 3. The summed E-state index contributed by atoms with van der Waals surface area (Å²) in [6.07, 6.45) is 4.26. The fourth-order valence-electron chi connectivity index (χ4n) is 2.45. The van der Waals surface area contributed by atoms with Crippen LogP contribution in [-0.2, 0) is 6.42 Å². The molecule has 0 aliphatic carbocycles. The van der Waals surface area contributed by atoms with Crippen LogP contribution in [0, 0.1) is 5.41 Å². The second-order valence-corrected chi connectivity index (χ2v) is 7.92. The zero-order valence-corrected chi connectivity index (χ0v) is 14.8. The van der Waals surface area contributed by atoms with Crippen molar-refractivity contribution in [1.82, 2.24) is 3.97 Å². The molecular formula is C12H16BrIN2S. The molecule has 2 rings (SSSR count). The summed E-state index contributed by atoms with van der Waals surface area (Å²) in [5.41, 5.74) is 2.92. The van der Waals surface area contributed by atoms with Gasteiger partial charge in [-0.3, -0.25) is 8.96 Å². The molecule has 1 aliphatic heterocycles. The molecule has 0 radical (unpaired) electrons. The van der Waals surface area contributed by atoms with E-state index in [1.807, 2.05) is 0 Å². The van der Waals surface area contributed by atoms with Crippen molar-refractivity contribution in [3.05, 3.63) is 22.4 Å². The largest absolute Gasteiger partial charge is 0.290 e. The van der Waals surface area contributed by atoms with Crippen molar-refractivity contribution in [2.45, 2.75) is 39.7 Å². The summed E-state index contributed by atoms with van der Waals surface area (Å²) in [4.78, 5) is 4.80. The Balaban J connectivity index is 2.20. The van der Waals surface area contributed by atoms with E-state index in [9.17, 15) is 0 Å². The van der Waals surface area contributed by atoms with Crippen LogP contribution in [0.4, 0.5) is 0 Å². The summed E-state index contributed by atoms with van der Waals surface area (Å²) in [7, 11) is 1.71. The van der Waals surface area contributed by atoms with Crippen LogP contribution in [0.5, 0.6) is 0 Å². The van der Waals surface area contributed by atoms with Gasteiger partial charge in [0.2, 0.25) is 0 Å². The van der Waals surface area contributed by atoms with Gasteiger partial charge in [-0.1, -0.05) is 13.8 Å². The first-order valence-corrected chi connectivity index (χ1v) is 9.72. The molecule has 1 aromatic rings. The minimum atomic E-state index is 0.293. The predicted octanol–water partition coefficient (Wildman–Crippen LogP) is 4.90. The van der Waals surface area contributed by atoms with Crippen molar-refractivity contribution in [2.75, 3.05) is 0 Å². The average Bonchev–Trinajstić information content (AvgIpc) is 2.67. The van der Waals surface area contributed by atoms with Crippen LogP contribution >= 0.6 is 46.3 Å². The van der Waals surface area contributed by atoms with E-state index in [4.69, 9.17) is 4.99 Å². The third kappa shape index (κ3) is 3.10. The molecule has 5 heteroatoms. The number of hydrogen-bond donors (Lipinski definition) is 0. The molecule has 17 heavy (non-hydrogen) atoms. The first-order chi connectivity index (χ1) is 7.92. The quantitative estimate of drug-likeness (QED) is 0.628. The van der Waals surface area contributed by atoms with E-state index >= 15 is 0 Å². The molecule has 0 saturated heterocycles. The molecule has 0 fully saturated rings. The number of nitrogens with zero attached hydrogens (tertiary/aromatic N) is 2. The van der Waals surface area contributed by atoms with Crippen LogP contribution < -0.4 is 0 Å². The fourth-order valence-corrected chi connectivity index (χ4v) is 4.53. The lowest BCUT2D eigenvalue weighted by Crippen LogP contribution is -2.26. The average molecular weight is 427 g/mol. The number of hydrogen-bond acceptors (Lipinski definition) is 2. The molecule has 2 nitrogen and oxygen atoms in total. The predicted molar refractivity (Wildman–Crippen MR) is 88.1 cm³/mol. The Labute approximate surface area is 127 Å². The van der Waals surface area contributed by atoms with E-state index < -0.39 is 0 Å². The number of aromatic nitrogens is 1. The molecule has 94 valence electrons. The highest BCUT2D eigenvalue weighted by Crippen LogP contribution is 2.37. The Morgan fingerprint density at radius 3 is 2.88 bits per heavy atom. The second-order valence-electron chi connectivity index (χ2n) is 5.29. The molecule has 1 aliphatic rings. The molecule has 0 spiro atoms. The van der Waals surface area contributed by atoms with Gasteiger partial charge in [0.1, 0.15) is 0 Å². The van der Waals surface area contributed by atoms with Crippen LogP contribution in [0.15, 0.2) is 21.7 Å². The Morgan fingerprint density at radius 1 is 1.65 bits per heavy atom. The van der Waals surface area contributed by atoms with Crippen molar-refractivity contribution in [2.24, 2.45) is 10.4 Å². The minimum Gasteiger partial charge on any atom is -0.290 e. The Hall–Kier alpha value is 0.510. The maximum absolute atomic E-state index is 4.80. The summed E-state index contributed by atoms with van der Waals surface area (Å²) in [6.45, 7) is 6.78. The highest BCUT2D eigenvalue weighted by Gasteiger charge is 2.35. The smallest absolute Gasteiger partial charge is 0.0608 e. The molecule has 1 atom stereocenters. The fraction of sp³-hybridized carbons (Fsp3) is 0.583. The van der Waals surface area contributed by atoms with Crippen LogP contribution in [0.1, 0.15) is 32.9 Å². The van der Waals surface area contributed by atoms with Gasteiger partial charge in [-0.05, 0) is 40.8 Å². The van der Waals surface area contributed by atoms with Crippen molar-refractivity contribution in [1.29, 1.82) is 0 Å². The summed E-state index contributed by atoms with van der Waals surface area (Å²) in [5, 5.41) is 0. The third-order valence-electron chi connectivity index (χ3n) is 3.29. The van der Waals surface area contributed by atoms with Crippen LogP contribution in [-0.4, -0.2) is 15.7 Å². The molecular weight excluding hydrogens is 411 g/mol. The summed E-state index contributed by atoms with van der Waals surface area (Å²) in [6, 6.07) is 2.61. The molecule has 1 aromatic heterocycles. The van der Waals surface area contributed by atoms with Gasteiger partial charge in [-0.15, -0.1) is 0 Å². The number of aliphatic imine (C=N–C) groups is 1. The van der Waals surface area contributed by atoms with Crippen molar-refractivity contribution >= 4 is 52.0 Å². The number of halogens is 2. The van der Waals surface area contributed by atoms with Gasteiger partial charge in [-0.2, -0.15) is 0 Å². The van der Waals surface area contributed by atoms with E-state index in [0.29, 0.717) is 11.5 Å². The van der Waals surface area contributed by atoms with Crippen LogP contribution in [0.2, 0.25) is 0 Å². The maximum atomic E-state index is 4.80. The van der Waals surface area contributed by atoms with E-state index in [1.165, 1.54) is 11.4 Å². The van der Waals surface area contributed by atoms with Crippen LogP contribution in [0.3, 0.4) is 0 Å². The minimum absolute atomic E-state index is 0.293. The molecule has 0 amide bonds. The molecule has 0 aromatic carbocycles. The van der Waals surface area contributed by atoms with E-state index in [-0.39, 0.29) is 0 Å². The lowest BCUT2D eigenvalue weighted by atomic mass is 9.81. The van der Waals surface area contributed by atoms with Gasteiger partial charge in [-0.25, -0.2) is 0 Å². The van der Waals surface area contributed by atoms with Gasteiger partial charge in [0, 0.05) is 58.8 Å². The second kappa shape index (κ2) is 5.25. The van der Waals surface area contributed by atoms with Gasteiger partial charge in [0.15, 0.2) is 0 Å². The zero-order chi connectivity index (χ0) is 12.6. The van der Waals surface area contributed by atoms with Gasteiger partial charge < -0.3 is 0 Å². The zero-order valence-electron chi connectivity index (χ0n) is 10.2. The topological polar surface area (TPSA) is 17.3 Å². The third-order valence-corrected chi connectivity index (χ3v) is 5.49. The van der Waals surface area contributed by atoms with Crippen molar-refractivity contribution in [3.8, 4) is 0 Å². The lowest BCUT2D eigenvalue weighted by Gasteiger charge is -2.25. The normalized spacial score (nSPS) is 22.9. The van der Waals surface area contributed by atoms with Gasteiger partial charge in [0.25, 0.3) is 0 Å². The SMILES string of the molecule is CC1=NC(Cc2cc(Br)cn2SI)C(C)(C)C1. The lowest BCUT2D eigenvalue weighted by molar-refractivity contribution is 0.320. The highest BCUT2D eigenvalue weighted by atomic mass is 127. The van der Waals surface area contributed by atoms with E-state index in [1.54, 1.807) is 9.12 Å². The standard InChI is InChI=1S/C12H16BrIN2S/c1-8-6-12(2,3)11(15-8)5-10-4-9(13)7-16(10)17-14/h4,7,11H,5-6H2,1-3H3. The van der Waals surface area contributed by atoms with Gasteiger partial charge in [0.05, 0.1) is 6.04 Å². The summed E-state index contributed by atoms with van der Waals surface area (Å²) >= 11 is 5.85. The van der Waals surface area contributed by atoms with E-state index in [2.05, 4.69) is 74.1 Å². The monoisotopic (exact) mass is 426 g/mol. The molecule has 0 bridgehead atoms. The first-order valence-electron chi connectivity index (χ1n) is 5.61. The first kappa shape index (κ1) is 13.9. The highest BCUT2D eigenvalue weighted by molar-refractivity contribution is 14.2. The summed E-state index contributed by atoms with van der Waals surface area (Å²) in [5.74, 6) is 0. The van der Waals surface area contributed by atoms with Gasteiger partial charge >= 0.3 is 0 Å².